The molecular weight excluding hydrogens is 345 g/mol. The molecule has 0 saturated heterocycles. The fraction of sp³-hybridized carbons (Fsp3) is 0.0769. The number of halogens is 1. The number of benzene rings is 1. The molecule has 1 aromatic heterocycles. The van der Waals surface area contributed by atoms with Gasteiger partial charge in [-0.2, -0.15) is 0 Å². The number of carboxylic acid groups (broad SMARTS) is 1. The fourth-order valence-corrected chi connectivity index (χ4v) is 1.76. The molecule has 0 bridgehead atoms. The van der Waals surface area contributed by atoms with Crippen molar-refractivity contribution in [3.63, 3.8) is 0 Å². The molecule has 18 heavy (non-hydrogen) atoms. The summed E-state index contributed by atoms with van der Waals surface area (Å²) >= 11 is 2.21. The Morgan fingerprint density at radius 2 is 2.00 bits per heavy atom. The van der Waals surface area contributed by atoms with Gasteiger partial charge < -0.3 is 9.84 Å². The number of carboxylic acids is 1. The summed E-state index contributed by atoms with van der Waals surface area (Å²) in [6.45, 7) is 1.77. The van der Waals surface area contributed by atoms with Crippen LogP contribution < -0.4 is 4.74 Å². The van der Waals surface area contributed by atoms with Gasteiger partial charge in [0, 0.05) is 15.3 Å². The van der Waals surface area contributed by atoms with E-state index in [1.165, 1.54) is 12.3 Å². The summed E-state index contributed by atoms with van der Waals surface area (Å²) in [5, 5.41) is 8.84. The van der Waals surface area contributed by atoms with Crippen molar-refractivity contribution in [2.75, 3.05) is 0 Å². The Hall–Kier alpha value is -1.63. The number of aryl methyl sites for hydroxylation is 1. The van der Waals surface area contributed by atoms with Gasteiger partial charge in [0.1, 0.15) is 5.75 Å². The van der Waals surface area contributed by atoms with Crippen LogP contribution in [0.15, 0.2) is 36.5 Å². The molecule has 1 N–H and O–H groups in total. The highest BCUT2D eigenvalue weighted by Gasteiger charge is 2.08. The van der Waals surface area contributed by atoms with Crippen molar-refractivity contribution in [2.24, 2.45) is 0 Å². The molecule has 0 spiro atoms. The van der Waals surface area contributed by atoms with Gasteiger partial charge in [-0.15, -0.1) is 0 Å². The zero-order valence-electron chi connectivity index (χ0n) is 9.55. The average molecular weight is 355 g/mol. The molecule has 4 nitrogen and oxygen atoms in total. The van der Waals surface area contributed by atoms with E-state index in [9.17, 15) is 4.79 Å². The topological polar surface area (TPSA) is 59.4 Å². The molecule has 5 heteroatoms. The zero-order valence-corrected chi connectivity index (χ0v) is 11.7. The normalized spacial score (nSPS) is 10.1. The molecule has 92 valence electrons. The molecule has 0 amide bonds. The molecule has 0 saturated carbocycles. The first-order chi connectivity index (χ1) is 8.56. The zero-order chi connectivity index (χ0) is 13.1. The summed E-state index contributed by atoms with van der Waals surface area (Å²) in [6.07, 6.45) is 1.29. The van der Waals surface area contributed by atoms with Crippen LogP contribution in [0.25, 0.3) is 0 Å². The highest BCUT2D eigenvalue weighted by Crippen LogP contribution is 2.23. The van der Waals surface area contributed by atoms with Crippen LogP contribution in [0.3, 0.4) is 0 Å². The summed E-state index contributed by atoms with van der Waals surface area (Å²) in [4.78, 5) is 14.8. The Morgan fingerprint density at radius 1 is 1.33 bits per heavy atom. The third kappa shape index (κ3) is 2.98. The highest BCUT2D eigenvalue weighted by atomic mass is 127. The van der Waals surface area contributed by atoms with Crippen molar-refractivity contribution in [3.05, 3.63) is 51.2 Å². The molecule has 1 heterocycles. The summed E-state index contributed by atoms with van der Waals surface area (Å²) in [6, 6.07) is 9.08. The van der Waals surface area contributed by atoms with Gasteiger partial charge in [-0.1, -0.05) is 0 Å². The number of rotatable bonds is 3. The minimum Gasteiger partial charge on any atom is -0.478 e. The predicted molar refractivity (Wildman–Crippen MR) is 75.2 cm³/mol. The number of aromatic carboxylic acids is 1. The Morgan fingerprint density at radius 3 is 2.56 bits per heavy atom. The standard InChI is InChI=1S/C13H10INO3/c1-8-6-9(13(16)17)7-15-12(8)18-11-4-2-10(14)3-5-11/h2-7H,1H3,(H,16,17). The Balaban J connectivity index is 2.24. The van der Waals surface area contributed by atoms with Gasteiger partial charge in [-0.25, -0.2) is 9.78 Å². The Labute approximate surface area is 118 Å². The van der Waals surface area contributed by atoms with E-state index in [0.29, 0.717) is 17.2 Å². The van der Waals surface area contributed by atoms with E-state index in [4.69, 9.17) is 9.84 Å². The largest absolute Gasteiger partial charge is 0.478 e. The van der Waals surface area contributed by atoms with E-state index in [0.717, 1.165) is 3.57 Å². The number of carbonyl (C=O) groups is 1. The Kier molecular flexibility index (Phi) is 3.81. The Bertz CT molecular complexity index is 581. The first-order valence-electron chi connectivity index (χ1n) is 5.19. The molecule has 0 aliphatic rings. The molecule has 0 aliphatic carbocycles. The van der Waals surface area contributed by atoms with Crippen LogP contribution in [0.5, 0.6) is 11.6 Å². The van der Waals surface area contributed by atoms with Gasteiger partial charge >= 0.3 is 5.97 Å². The molecule has 0 fully saturated rings. The summed E-state index contributed by atoms with van der Waals surface area (Å²) in [5.74, 6) is 0.0988. The minimum atomic E-state index is -0.994. The van der Waals surface area contributed by atoms with Crippen molar-refractivity contribution >= 4 is 28.6 Å². The second-order valence-corrected chi connectivity index (χ2v) is 4.95. The number of hydrogen-bond donors (Lipinski definition) is 1. The molecule has 1 aromatic carbocycles. The second kappa shape index (κ2) is 5.34. The van der Waals surface area contributed by atoms with Crippen LogP contribution in [0.2, 0.25) is 0 Å². The smallest absolute Gasteiger partial charge is 0.337 e. The van der Waals surface area contributed by atoms with E-state index < -0.39 is 5.97 Å². The molecule has 2 rings (SSSR count). The highest BCUT2D eigenvalue weighted by molar-refractivity contribution is 14.1. The molecule has 0 atom stereocenters. The van der Waals surface area contributed by atoms with Crippen LogP contribution in [0, 0.1) is 10.5 Å². The van der Waals surface area contributed by atoms with Gasteiger partial charge in [0.25, 0.3) is 0 Å². The van der Waals surface area contributed by atoms with Crippen molar-refractivity contribution in [2.45, 2.75) is 6.92 Å². The van der Waals surface area contributed by atoms with Gasteiger partial charge in [0.05, 0.1) is 5.56 Å². The summed E-state index contributed by atoms with van der Waals surface area (Å²) in [5.41, 5.74) is 0.843. The maximum absolute atomic E-state index is 10.8. The fourth-order valence-electron chi connectivity index (χ4n) is 1.40. The first-order valence-corrected chi connectivity index (χ1v) is 6.27. The van der Waals surface area contributed by atoms with Gasteiger partial charge in [0.2, 0.25) is 5.88 Å². The monoisotopic (exact) mass is 355 g/mol. The number of nitrogens with zero attached hydrogens (tertiary/aromatic N) is 1. The summed E-state index contributed by atoms with van der Waals surface area (Å²) in [7, 11) is 0. The molecule has 0 radical (unpaired) electrons. The SMILES string of the molecule is Cc1cc(C(=O)O)cnc1Oc1ccc(I)cc1. The van der Waals surface area contributed by atoms with Crippen molar-refractivity contribution in [3.8, 4) is 11.6 Å². The van der Waals surface area contributed by atoms with Crippen LogP contribution in [-0.4, -0.2) is 16.1 Å². The van der Waals surface area contributed by atoms with Gasteiger partial charge in [0.15, 0.2) is 0 Å². The van der Waals surface area contributed by atoms with Crippen LogP contribution >= 0.6 is 22.6 Å². The van der Waals surface area contributed by atoms with E-state index in [2.05, 4.69) is 27.6 Å². The van der Waals surface area contributed by atoms with Gasteiger partial charge in [-0.3, -0.25) is 0 Å². The lowest BCUT2D eigenvalue weighted by atomic mass is 10.2. The third-order valence-electron chi connectivity index (χ3n) is 2.31. The van der Waals surface area contributed by atoms with Crippen molar-refractivity contribution in [1.82, 2.24) is 4.98 Å². The number of aromatic nitrogens is 1. The molecule has 0 aliphatic heterocycles. The lowest BCUT2D eigenvalue weighted by Crippen LogP contribution is -1.99. The molecule has 2 aromatic rings. The van der Waals surface area contributed by atoms with Crippen LogP contribution in [0.1, 0.15) is 15.9 Å². The predicted octanol–water partition coefficient (Wildman–Crippen LogP) is 3.49. The second-order valence-electron chi connectivity index (χ2n) is 3.71. The van der Waals surface area contributed by atoms with E-state index in [-0.39, 0.29) is 5.56 Å². The number of hydrogen-bond acceptors (Lipinski definition) is 3. The third-order valence-corrected chi connectivity index (χ3v) is 3.02. The molecular formula is C13H10INO3. The van der Waals surface area contributed by atoms with Crippen molar-refractivity contribution in [1.29, 1.82) is 0 Å². The minimum absolute atomic E-state index is 0.155. The number of pyridine rings is 1. The summed E-state index contributed by atoms with van der Waals surface area (Å²) < 4.78 is 6.71. The van der Waals surface area contributed by atoms with Crippen LogP contribution in [-0.2, 0) is 0 Å². The number of ether oxygens (including phenoxy) is 1. The first kappa shape index (κ1) is 12.8. The van der Waals surface area contributed by atoms with E-state index in [1.54, 1.807) is 6.92 Å². The lowest BCUT2D eigenvalue weighted by molar-refractivity contribution is 0.0696. The van der Waals surface area contributed by atoms with Gasteiger partial charge in [-0.05, 0) is 59.8 Å². The molecule has 0 unspecified atom stereocenters. The maximum Gasteiger partial charge on any atom is 0.337 e. The van der Waals surface area contributed by atoms with Crippen molar-refractivity contribution < 1.29 is 14.6 Å². The van der Waals surface area contributed by atoms with Crippen LogP contribution in [0.4, 0.5) is 0 Å². The van der Waals surface area contributed by atoms with E-state index >= 15 is 0 Å². The average Bonchev–Trinajstić information content (AvgIpc) is 2.34. The lowest BCUT2D eigenvalue weighted by Gasteiger charge is -2.07. The quantitative estimate of drug-likeness (QED) is 0.857. The maximum atomic E-state index is 10.8. The van der Waals surface area contributed by atoms with E-state index in [1.807, 2.05) is 24.3 Å².